The van der Waals surface area contributed by atoms with E-state index in [9.17, 15) is 14.2 Å². The standard InChI is InChI=1S/C32H39O3P/c1-21(20-36(35)26-17-9-8-10-18-26)19-32(6,7)29(30(33)27-22(2)13-11-14-23(27)3)31(34)28-24(4)15-12-16-25(28)5/h8-18,21,29,36H,19-20H2,1-7H3. The molecule has 0 amide bonds. The van der Waals surface area contributed by atoms with E-state index in [2.05, 4.69) is 6.92 Å². The molecule has 2 atom stereocenters. The minimum Gasteiger partial charge on any atom is -0.322 e. The number of rotatable bonds is 10. The van der Waals surface area contributed by atoms with Crippen molar-refractivity contribution in [2.45, 2.75) is 54.9 Å². The van der Waals surface area contributed by atoms with E-state index in [1.165, 1.54) is 0 Å². The maximum atomic E-state index is 14.2. The Hall–Kier alpha value is -2.77. The lowest BCUT2D eigenvalue weighted by Gasteiger charge is -2.36. The fourth-order valence-electron chi connectivity index (χ4n) is 5.67. The third-order valence-electron chi connectivity index (χ3n) is 7.27. The van der Waals surface area contributed by atoms with Gasteiger partial charge in [0.05, 0.1) is 5.92 Å². The predicted molar refractivity (Wildman–Crippen MR) is 151 cm³/mol. The lowest BCUT2D eigenvalue weighted by molar-refractivity contribution is 0.0640. The largest absolute Gasteiger partial charge is 0.322 e. The molecule has 4 heteroatoms. The van der Waals surface area contributed by atoms with Gasteiger partial charge in [-0.2, -0.15) is 0 Å². The molecule has 0 aromatic heterocycles. The van der Waals surface area contributed by atoms with Crippen molar-refractivity contribution in [3.05, 3.63) is 100 Å². The van der Waals surface area contributed by atoms with Crippen LogP contribution in [0.25, 0.3) is 0 Å². The molecular weight excluding hydrogens is 463 g/mol. The second-order valence-electron chi connectivity index (χ2n) is 11.0. The van der Waals surface area contributed by atoms with Crippen LogP contribution < -0.4 is 5.30 Å². The highest BCUT2D eigenvalue weighted by Crippen LogP contribution is 2.41. The van der Waals surface area contributed by atoms with Crippen LogP contribution in [0.15, 0.2) is 66.7 Å². The molecule has 3 rings (SSSR count). The van der Waals surface area contributed by atoms with Crippen molar-refractivity contribution in [1.82, 2.24) is 0 Å². The molecule has 2 unspecified atom stereocenters. The van der Waals surface area contributed by atoms with Crippen LogP contribution in [0.2, 0.25) is 0 Å². The van der Waals surface area contributed by atoms with E-state index in [4.69, 9.17) is 0 Å². The van der Waals surface area contributed by atoms with Crippen molar-refractivity contribution in [2.24, 2.45) is 17.3 Å². The summed E-state index contributed by atoms with van der Waals surface area (Å²) < 4.78 is 13.1. The third-order valence-corrected chi connectivity index (χ3v) is 9.31. The summed E-state index contributed by atoms with van der Waals surface area (Å²) in [6, 6.07) is 21.2. The molecule has 0 bridgehead atoms. The first-order valence-electron chi connectivity index (χ1n) is 12.7. The monoisotopic (exact) mass is 502 g/mol. The van der Waals surface area contributed by atoms with Crippen molar-refractivity contribution in [3.63, 3.8) is 0 Å². The van der Waals surface area contributed by atoms with Crippen LogP contribution in [-0.4, -0.2) is 17.7 Å². The van der Waals surface area contributed by atoms with Crippen LogP contribution in [0.5, 0.6) is 0 Å². The Bertz CT molecular complexity index is 1170. The molecule has 0 aliphatic heterocycles. The van der Waals surface area contributed by atoms with Gasteiger partial charge in [0.2, 0.25) is 0 Å². The van der Waals surface area contributed by atoms with Crippen LogP contribution in [-0.2, 0) is 4.57 Å². The number of benzene rings is 3. The van der Waals surface area contributed by atoms with Crippen LogP contribution >= 0.6 is 7.80 Å². The molecule has 0 N–H and O–H groups in total. The lowest BCUT2D eigenvalue weighted by atomic mass is 9.66. The lowest BCUT2D eigenvalue weighted by Crippen LogP contribution is -2.40. The average molecular weight is 503 g/mol. The summed E-state index contributed by atoms with van der Waals surface area (Å²) in [6.07, 6.45) is 1.17. The Morgan fingerprint density at radius 2 is 1.14 bits per heavy atom. The zero-order valence-electron chi connectivity index (χ0n) is 22.6. The normalized spacial score (nSPS) is 13.4. The van der Waals surface area contributed by atoms with Gasteiger partial charge < -0.3 is 4.57 Å². The van der Waals surface area contributed by atoms with Gasteiger partial charge in [0.25, 0.3) is 0 Å². The molecule has 0 aliphatic carbocycles. The van der Waals surface area contributed by atoms with Gasteiger partial charge in [0.15, 0.2) is 11.6 Å². The smallest absolute Gasteiger partial charge is 0.174 e. The zero-order chi connectivity index (χ0) is 26.6. The van der Waals surface area contributed by atoms with Crippen LogP contribution in [0.1, 0.15) is 70.2 Å². The van der Waals surface area contributed by atoms with Crippen molar-refractivity contribution >= 4 is 24.7 Å². The Kier molecular flexibility index (Phi) is 8.90. The number of aryl methyl sites for hydroxylation is 4. The summed E-state index contributed by atoms with van der Waals surface area (Å²) in [5.41, 5.74) is 4.20. The van der Waals surface area contributed by atoms with Gasteiger partial charge in [-0.15, -0.1) is 0 Å². The maximum Gasteiger partial charge on any atom is 0.174 e. The number of carbonyl (C=O) groups is 2. The van der Waals surface area contributed by atoms with Crippen molar-refractivity contribution in [1.29, 1.82) is 0 Å². The number of Topliss-reactive ketones (excluding diaryl/α,β-unsaturated/α-hetero) is 2. The molecule has 190 valence electrons. The fourth-order valence-corrected chi connectivity index (χ4v) is 7.25. The van der Waals surface area contributed by atoms with E-state index >= 15 is 0 Å². The Labute approximate surface area is 217 Å². The Morgan fingerprint density at radius 3 is 1.56 bits per heavy atom. The number of ketones is 2. The molecule has 0 spiro atoms. The molecule has 3 aromatic rings. The topological polar surface area (TPSA) is 51.2 Å². The first kappa shape index (κ1) is 27.8. The van der Waals surface area contributed by atoms with E-state index < -0.39 is 19.1 Å². The second-order valence-corrected chi connectivity index (χ2v) is 12.8. The summed E-state index contributed by atoms with van der Waals surface area (Å²) in [4.78, 5) is 28.4. The molecule has 0 fully saturated rings. The van der Waals surface area contributed by atoms with Gasteiger partial charge >= 0.3 is 0 Å². The zero-order valence-corrected chi connectivity index (χ0v) is 23.6. The Morgan fingerprint density at radius 1 is 0.722 bits per heavy atom. The fraction of sp³-hybridized carbons (Fsp3) is 0.375. The first-order chi connectivity index (χ1) is 16.9. The molecule has 0 saturated carbocycles. The minimum atomic E-state index is -1.95. The van der Waals surface area contributed by atoms with E-state index in [1.54, 1.807) is 0 Å². The molecular formula is C32H39O3P. The van der Waals surface area contributed by atoms with Crippen molar-refractivity contribution in [3.8, 4) is 0 Å². The number of hydrogen-bond acceptors (Lipinski definition) is 3. The summed E-state index contributed by atoms with van der Waals surface area (Å²) in [5.74, 6) is -0.985. The molecule has 0 aliphatic rings. The molecule has 3 aromatic carbocycles. The van der Waals surface area contributed by atoms with Gasteiger partial charge in [-0.3, -0.25) is 9.59 Å². The van der Waals surface area contributed by atoms with Gasteiger partial charge in [0, 0.05) is 22.6 Å². The SMILES string of the molecule is Cc1cccc(C)c1C(=O)C(C(=O)c1c(C)cccc1C)C(C)(C)CC(C)C[PH](=O)c1ccccc1. The van der Waals surface area contributed by atoms with Crippen molar-refractivity contribution < 1.29 is 14.2 Å². The van der Waals surface area contributed by atoms with Gasteiger partial charge in [-0.1, -0.05) is 87.5 Å². The van der Waals surface area contributed by atoms with Gasteiger partial charge in [-0.05, 0) is 67.7 Å². The highest BCUT2D eigenvalue weighted by Gasteiger charge is 2.43. The second kappa shape index (κ2) is 11.5. The predicted octanol–water partition coefficient (Wildman–Crippen LogP) is 7.54. The van der Waals surface area contributed by atoms with E-state index in [0.717, 1.165) is 27.6 Å². The van der Waals surface area contributed by atoms with Crippen LogP contribution in [0.4, 0.5) is 0 Å². The van der Waals surface area contributed by atoms with E-state index in [0.29, 0.717) is 23.7 Å². The highest BCUT2D eigenvalue weighted by molar-refractivity contribution is 7.53. The minimum absolute atomic E-state index is 0.0885. The molecule has 36 heavy (non-hydrogen) atoms. The Balaban J connectivity index is 2.01. The quantitative estimate of drug-likeness (QED) is 0.163. The highest BCUT2D eigenvalue weighted by atomic mass is 31.1. The summed E-state index contributed by atoms with van der Waals surface area (Å²) in [7, 11) is -1.95. The number of carbonyl (C=O) groups excluding carboxylic acids is 2. The van der Waals surface area contributed by atoms with Gasteiger partial charge in [-0.25, -0.2) is 0 Å². The summed E-state index contributed by atoms with van der Waals surface area (Å²) in [6.45, 7) is 13.8. The summed E-state index contributed by atoms with van der Waals surface area (Å²) >= 11 is 0. The number of hydrogen-bond donors (Lipinski definition) is 0. The molecule has 0 heterocycles. The van der Waals surface area contributed by atoms with Crippen LogP contribution in [0.3, 0.4) is 0 Å². The maximum absolute atomic E-state index is 14.2. The third kappa shape index (κ3) is 6.13. The molecule has 0 radical (unpaired) electrons. The van der Waals surface area contributed by atoms with Crippen LogP contribution in [0, 0.1) is 44.9 Å². The van der Waals surface area contributed by atoms with Crippen molar-refractivity contribution in [2.75, 3.05) is 6.16 Å². The molecule has 0 saturated heterocycles. The summed E-state index contributed by atoms with van der Waals surface area (Å²) in [5, 5.41) is 0.877. The van der Waals surface area contributed by atoms with Gasteiger partial charge in [0.1, 0.15) is 7.80 Å². The first-order valence-corrected chi connectivity index (χ1v) is 14.3. The van der Waals surface area contributed by atoms with E-state index in [-0.39, 0.29) is 17.5 Å². The molecule has 3 nitrogen and oxygen atoms in total. The van der Waals surface area contributed by atoms with E-state index in [1.807, 2.05) is 108 Å². The average Bonchev–Trinajstić information content (AvgIpc) is 2.78.